The Morgan fingerprint density at radius 2 is 1.94 bits per heavy atom. The molecular formula is C15H13O. The van der Waals surface area contributed by atoms with Crippen LogP contribution in [0.1, 0.15) is 5.56 Å². The molecule has 1 radical (unpaired) electrons. The lowest BCUT2D eigenvalue weighted by molar-refractivity contribution is 0.363. The Morgan fingerprint density at radius 3 is 2.69 bits per heavy atom. The third-order valence-corrected chi connectivity index (χ3v) is 2.13. The minimum absolute atomic E-state index is 0.576. The summed E-state index contributed by atoms with van der Waals surface area (Å²) in [4.78, 5) is 0. The highest BCUT2D eigenvalue weighted by Gasteiger charge is 1.87. The average molecular weight is 209 g/mol. The van der Waals surface area contributed by atoms with Gasteiger partial charge in [0.1, 0.15) is 12.4 Å². The largest absolute Gasteiger partial charge is 0.490 e. The molecule has 0 aliphatic rings. The van der Waals surface area contributed by atoms with E-state index in [-0.39, 0.29) is 0 Å². The van der Waals surface area contributed by atoms with E-state index in [2.05, 4.69) is 18.2 Å². The standard InChI is InChI=1S/C15H13O/c1-3-8-14(9-4-1)10-7-13-16-15-11-5-2-6-12-15/h1-5,7-12H,13H2. The molecule has 0 saturated heterocycles. The van der Waals surface area contributed by atoms with Crippen molar-refractivity contribution in [2.45, 2.75) is 0 Å². The lowest BCUT2D eigenvalue weighted by atomic mass is 10.2. The first-order valence-electron chi connectivity index (χ1n) is 5.26. The third kappa shape index (κ3) is 3.28. The van der Waals surface area contributed by atoms with Crippen LogP contribution in [0.25, 0.3) is 6.08 Å². The zero-order valence-electron chi connectivity index (χ0n) is 8.97. The molecule has 1 heteroatoms. The van der Waals surface area contributed by atoms with E-state index < -0.39 is 0 Å². The summed E-state index contributed by atoms with van der Waals surface area (Å²) in [6.45, 7) is 0.576. The van der Waals surface area contributed by atoms with Crippen LogP contribution in [0, 0.1) is 6.07 Å². The monoisotopic (exact) mass is 209 g/mol. The van der Waals surface area contributed by atoms with E-state index in [1.54, 1.807) is 0 Å². The molecule has 2 aromatic carbocycles. The smallest absolute Gasteiger partial charge is 0.120 e. The first kappa shape index (κ1) is 10.5. The van der Waals surface area contributed by atoms with E-state index in [0.717, 1.165) is 5.75 Å². The van der Waals surface area contributed by atoms with Crippen molar-refractivity contribution in [3.05, 3.63) is 72.3 Å². The Balaban J connectivity index is 1.83. The van der Waals surface area contributed by atoms with Crippen LogP contribution in [0.4, 0.5) is 0 Å². The Labute approximate surface area is 96.0 Å². The Morgan fingerprint density at radius 1 is 1.06 bits per heavy atom. The van der Waals surface area contributed by atoms with E-state index in [1.807, 2.05) is 54.6 Å². The summed E-state index contributed by atoms with van der Waals surface area (Å²) in [6.07, 6.45) is 4.05. The molecule has 0 heterocycles. The van der Waals surface area contributed by atoms with Gasteiger partial charge in [0.2, 0.25) is 0 Å². The van der Waals surface area contributed by atoms with E-state index >= 15 is 0 Å². The fourth-order valence-electron chi connectivity index (χ4n) is 1.36. The molecule has 0 saturated carbocycles. The lowest BCUT2D eigenvalue weighted by Crippen LogP contribution is -1.92. The van der Waals surface area contributed by atoms with Gasteiger partial charge in [-0.15, -0.1) is 0 Å². The third-order valence-electron chi connectivity index (χ3n) is 2.13. The van der Waals surface area contributed by atoms with Crippen LogP contribution in [0.3, 0.4) is 0 Å². The maximum Gasteiger partial charge on any atom is 0.120 e. The summed E-state index contributed by atoms with van der Waals surface area (Å²) in [5.74, 6) is 0.847. The van der Waals surface area contributed by atoms with Gasteiger partial charge >= 0.3 is 0 Å². The van der Waals surface area contributed by atoms with Crippen molar-refractivity contribution in [3.63, 3.8) is 0 Å². The topological polar surface area (TPSA) is 9.23 Å². The molecule has 1 nitrogen and oxygen atoms in total. The molecule has 0 aliphatic carbocycles. The molecular weight excluding hydrogens is 196 g/mol. The van der Waals surface area contributed by atoms with Gasteiger partial charge in [0.25, 0.3) is 0 Å². The second kappa shape index (κ2) is 5.76. The van der Waals surface area contributed by atoms with Crippen LogP contribution >= 0.6 is 0 Å². The SMILES string of the molecule is [c]1cccc(OCC=Cc2ccccc2)c1. The summed E-state index contributed by atoms with van der Waals surface area (Å²) >= 11 is 0. The minimum atomic E-state index is 0.576. The van der Waals surface area contributed by atoms with E-state index in [9.17, 15) is 0 Å². The van der Waals surface area contributed by atoms with Crippen LogP contribution in [-0.2, 0) is 0 Å². The highest BCUT2D eigenvalue weighted by atomic mass is 16.5. The highest BCUT2D eigenvalue weighted by Crippen LogP contribution is 2.08. The van der Waals surface area contributed by atoms with Crippen LogP contribution in [0.15, 0.2) is 60.7 Å². The van der Waals surface area contributed by atoms with Crippen LogP contribution < -0.4 is 4.74 Å². The van der Waals surface area contributed by atoms with Gasteiger partial charge < -0.3 is 4.74 Å². The number of hydrogen-bond acceptors (Lipinski definition) is 1. The lowest BCUT2D eigenvalue weighted by Gasteiger charge is -2.01. The maximum atomic E-state index is 5.51. The van der Waals surface area contributed by atoms with E-state index in [4.69, 9.17) is 4.74 Å². The van der Waals surface area contributed by atoms with Gasteiger partial charge in [-0.25, -0.2) is 0 Å². The summed E-state index contributed by atoms with van der Waals surface area (Å²) in [5, 5.41) is 0. The van der Waals surface area contributed by atoms with Crippen molar-refractivity contribution < 1.29 is 4.74 Å². The molecule has 79 valence electrons. The second-order valence-electron chi connectivity index (χ2n) is 3.36. The molecule has 0 N–H and O–H groups in total. The average Bonchev–Trinajstić information content (AvgIpc) is 2.37. The van der Waals surface area contributed by atoms with E-state index in [1.165, 1.54) is 5.56 Å². The zero-order chi connectivity index (χ0) is 11.1. The zero-order valence-corrected chi connectivity index (χ0v) is 8.97. The number of hydrogen-bond donors (Lipinski definition) is 0. The highest BCUT2D eigenvalue weighted by molar-refractivity contribution is 5.48. The van der Waals surface area contributed by atoms with Gasteiger partial charge in [-0.2, -0.15) is 0 Å². The van der Waals surface area contributed by atoms with Gasteiger partial charge in [-0.3, -0.25) is 0 Å². The van der Waals surface area contributed by atoms with Gasteiger partial charge in [-0.05, 0) is 29.8 Å². The summed E-state index contributed by atoms with van der Waals surface area (Å²) in [5.41, 5.74) is 1.19. The second-order valence-corrected chi connectivity index (χ2v) is 3.36. The molecule has 2 aromatic rings. The predicted octanol–water partition coefficient (Wildman–Crippen LogP) is 3.58. The van der Waals surface area contributed by atoms with Crippen LogP contribution in [0.2, 0.25) is 0 Å². The maximum absolute atomic E-state index is 5.51. The molecule has 0 aliphatic heterocycles. The first-order chi connectivity index (χ1) is 7.95. The molecule has 0 unspecified atom stereocenters. The van der Waals surface area contributed by atoms with Crippen molar-refractivity contribution in [1.29, 1.82) is 0 Å². The van der Waals surface area contributed by atoms with Gasteiger partial charge in [0, 0.05) is 0 Å². The summed E-state index contributed by atoms with van der Waals surface area (Å²) < 4.78 is 5.51. The van der Waals surface area contributed by atoms with E-state index in [0.29, 0.717) is 6.61 Å². The minimum Gasteiger partial charge on any atom is -0.490 e. The quantitative estimate of drug-likeness (QED) is 0.747. The molecule has 0 atom stereocenters. The van der Waals surface area contributed by atoms with Gasteiger partial charge in [0.15, 0.2) is 0 Å². The first-order valence-corrected chi connectivity index (χ1v) is 5.26. The fourth-order valence-corrected chi connectivity index (χ4v) is 1.36. The van der Waals surface area contributed by atoms with Crippen molar-refractivity contribution in [3.8, 4) is 5.75 Å². The van der Waals surface area contributed by atoms with Crippen molar-refractivity contribution in [2.75, 3.05) is 6.61 Å². The van der Waals surface area contributed by atoms with Gasteiger partial charge in [0.05, 0.1) is 0 Å². The molecule has 0 fully saturated rings. The molecule has 0 spiro atoms. The van der Waals surface area contributed by atoms with Crippen molar-refractivity contribution in [2.24, 2.45) is 0 Å². The Kier molecular flexibility index (Phi) is 3.78. The summed E-state index contributed by atoms with van der Waals surface area (Å²) in [7, 11) is 0. The number of rotatable bonds is 4. The van der Waals surface area contributed by atoms with Gasteiger partial charge in [-0.1, -0.05) is 48.5 Å². The molecule has 16 heavy (non-hydrogen) atoms. The molecule has 0 amide bonds. The van der Waals surface area contributed by atoms with Crippen LogP contribution in [-0.4, -0.2) is 6.61 Å². The normalized spacial score (nSPS) is 10.5. The predicted molar refractivity (Wildman–Crippen MR) is 66.2 cm³/mol. The molecule has 0 bridgehead atoms. The molecule has 2 rings (SSSR count). The van der Waals surface area contributed by atoms with Crippen molar-refractivity contribution in [1.82, 2.24) is 0 Å². The number of ether oxygens (including phenoxy) is 1. The van der Waals surface area contributed by atoms with Crippen molar-refractivity contribution >= 4 is 6.08 Å². The Hall–Kier alpha value is -2.02. The fraction of sp³-hybridized carbons (Fsp3) is 0.0667. The Bertz CT molecular complexity index is 432. The molecule has 0 aromatic heterocycles. The van der Waals surface area contributed by atoms with Crippen LogP contribution in [0.5, 0.6) is 5.75 Å². The summed E-state index contributed by atoms with van der Waals surface area (Å²) in [6, 6.07) is 20.7. The number of benzene rings is 2.